The number of anilines is 1. The van der Waals surface area contributed by atoms with Gasteiger partial charge in [-0.25, -0.2) is 4.79 Å². The minimum Gasteiger partial charge on any atom is -0.489 e. The van der Waals surface area contributed by atoms with Gasteiger partial charge in [0.1, 0.15) is 24.7 Å². The molecule has 0 aromatic heterocycles. The molecule has 1 heterocycles. The van der Waals surface area contributed by atoms with Crippen molar-refractivity contribution >= 4 is 29.7 Å². The number of hydrogen-bond donors (Lipinski definition) is 2. The van der Waals surface area contributed by atoms with Crippen LogP contribution in [0.1, 0.15) is 17.5 Å². The fourth-order valence-corrected chi connectivity index (χ4v) is 4.31. The van der Waals surface area contributed by atoms with Gasteiger partial charge in [-0.1, -0.05) is 42.5 Å². The molecule has 1 saturated heterocycles. The maximum atomic E-state index is 13.3. The van der Waals surface area contributed by atoms with E-state index in [0.717, 1.165) is 5.56 Å². The normalized spacial score (nSPS) is 14.9. The first-order valence-corrected chi connectivity index (χ1v) is 12.9. The molecule has 0 aliphatic carbocycles. The van der Waals surface area contributed by atoms with E-state index in [1.54, 1.807) is 30.3 Å². The van der Waals surface area contributed by atoms with Crippen LogP contribution in [0.5, 0.6) is 11.5 Å². The molecule has 42 heavy (non-hydrogen) atoms. The summed E-state index contributed by atoms with van der Waals surface area (Å²) in [5, 5.41) is 11.3. The third-order valence-corrected chi connectivity index (χ3v) is 6.36. The van der Waals surface area contributed by atoms with Crippen molar-refractivity contribution < 1.29 is 42.1 Å². The number of carboxylic acid groups (broad SMARTS) is 1. The van der Waals surface area contributed by atoms with E-state index in [2.05, 4.69) is 10.1 Å². The molecule has 0 spiro atoms. The number of halogens is 3. The fraction of sp³-hybridized carbons (Fsp3) is 0.233. The van der Waals surface area contributed by atoms with Gasteiger partial charge in [0.25, 0.3) is 5.91 Å². The van der Waals surface area contributed by atoms with Crippen molar-refractivity contribution in [2.45, 2.75) is 25.4 Å². The number of carbonyl (C=O) groups excluding carboxylic acids is 2. The lowest BCUT2D eigenvalue weighted by Crippen LogP contribution is -2.43. The lowest BCUT2D eigenvalue weighted by Gasteiger charge is -2.25. The Hall–Kier alpha value is -5.00. The third kappa shape index (κ3) is 9.01. The minimum atomic E-state index is -4.77. The lowest BCUT2D eigenvalue weighted by atomic mass is 10.2. The summed E-state index contributed by atoms with van der Waals surface area (Å²) in [5.74, 6) is -0.653. The van der Waals surface area contributed by atoms with Crippen molar-refractivity contribution in [1.82, 2.24) is 10.2 Å². The minimum absolute atomic E-state index is 0.0765. The van der Waals surface area contributed by atoms with Crippen LogP contribution in [0.2, 0.25) is 0 Å². The molecule has 0 radical (unpaired) electrons. The molecule has 2 N–H and O–H groups in total. The van der Waals surface area contributed by atoms with Gasteiger partial charge in [0, 0.05) is 24.9 Å². The number of nitrogens with one attached hydrogen (secondary N) is 1. The summed E-state index contributed by atoms with van der Waals surface area (Å²) in [6.07, 6.45) is -2.44. The number of alkyl halides is 3. The number of amides is 3. The Kier molecular flexibility index (Phi) is 9.69. The summed E-state index contributed by atoms with van der Waals surface area (Å²) in [5.41, 5.74) is 1.86. The van der Waals surface area contributed by atoms with Gasteiger partial charge >= 0.3 is 12.5 Å². The molecular weight excluding hydrogens is 555 g/mol. The van der Waals surface area contributed by atoms with Crippen molar-refractivity contribution in [3.8, 4) is 11.5 Å². The average Bonchev–Trinajstić information content (AvgIpc) is 3.42. The van der Waals surface area contributed by atoms with Crippen LogP contribution in [0.4, 0.5) is 23.7 Å². The Labute approximate surface area is 239 Å². The van der Waals surface area contributed by atoms with E-state index in [4.69, 9.17) is 9.84 Å². The van der Waals surface area contributed by atoms with E-state index in [0.29, 0.717) is 30.0 Å². The maximum absolute atomic E-state index is 13.3. The Morgan fingerprint density at radius 2 is 1.64 bits per heavy atom. The number of carbonyl (C=O) groups is 3. The zero-order chi connectivity index (χ0) is 30.1. The van der Waals surface area contributed by atoms with Gasteiger partial charge in [0.2, 0.25) is 5.91 Å². The second-order valence-corrected chi connectivity index (χ2v) is 9.42. The van der Waals surface area contributed by atoms with Crippen LogP contribution in [0, 0.1) is 0 Å². The number of rotatable bonds is 10. The molecule has 0 saturated carbocycles. The average molecular weight is 584 g/mol. The van der Waals surface area contributed by atoms with Crippen LogP contribution in [-0.2, 0) is 16.2 Å². The predicted molar refractivity (Wildman–Crippen MR) is 148 cm³/mol. The quantitative estimate of drug-likeness (QED) is 0.323. The molecule has 3 aromatic carbocycles. The van der Waals surface area contributed by atoms with Crippen molar-refractivity contribution in [2.75, 3.05) is 24.5 Å². The van der Waals surface area contributed by atoms with E-state index >= 15 is 0 Å². The first kappa shape index (κ1) is 30.0. The molecular formula is C30H28F3N3O6. The Morgan fingerprint density at radius 3 is 2.29 bits per heavy atom. The molecule has 1 atom stereocenters. The maximum Gasteiger partial charge on any atom is 0.573 e. The second-order valence-electron chi connectivity index (χ2n) is 9.42. The molecule has 1 aliphatic rings. The summed E-state index contributed by atoms with van der Waals surface area (Å²) in [4.78, 5) is 40.2. The highest BCUT2D eigenvalue weighted by Crippen LogP contribution is 2.25. The van der Waals surface area contributed by atoms with Crippen LogP contribution in [-0.4, -0.2) is 60.0 Å². The molecule has 220 valence electrons. The Balaban J connectivity index is 1.43. The van der Waals surface area contributed by atoms with Gasteiger partial charge in [-0.3, -0.25) is 14.5 Å². The first-order valence-electron chi connectivity index (χ1n) is 12.9. The molecule has 3 amide bonds. The van der Waals surface area contributed by atoms with E-state index in [9.17, 15) is 27.6 Å². The number of hydrogen-bond acceptors (Lipinski definition) is 5. The largest absolute Gasteiger partial charge is 0.573 e. The zero-order valence-electron chi connectivity index (χ0n) is 22.3. The fourth-order valence-electron chi connectivity index (χ4n) is 4.31. The highest BCUT2D eigenvalue weighted by atomic mass is 19.4. The van der Waals surface area contributed by atoms with Crippen molar-refractivity contribution in [2.24, 2.45) is 0 Å². The highest BCUT2D eigenvalue weighted by Gasteiger charge is 2.31. The van der Waals surface area contributed by atoms with Gasteiger partial charge < -0.3 is 24.8 Å². The van der Waals surface area contributed by atoms with Crippen molar-refractivity contribution in [3.05, 3.63) is 96.1 Å². The molecule has 9 nitrogen and oxygen atoms in total. The number of benzene rings is 3. The molecule has 1 unspecified atom stereocenters. The van der Waals surface area contributed by atoms with Crippen LogP contribution in [0.15, 0.2) is 84.9 Å². The van der Waals surface area contributed by atoms with E-state index in [1.807, 2.05) is 30.3 Å². The van der Waals surface area contributed by atoms with Crippen molar-refractivity contribution in [1.29, 1.82) is 0 Å². The highest BCUT2D eigenvalue weighted by molar-refractivity contribution is 6.06. The second kappa shape index (κ2) is 13.6. The van der Waals surface area contributed by atoms with E-state index in [1.165, 1.54) is 40.1 Å². The van der Waals surface area contributed by atoms with Crippen LogP contribution < -0.4 is 19.7 Å². The van der Waals surface area contributed by atoms with Crippen LogP contribution >= 0.6 is 0 Å². The SMILES string of the molecule is O=C(O)NC1CCN(C(=O)CN(C(=O)/C=C/c2ccccc2)c2ccc(OCc3ccc(OC(F)(F)F)cc3)cc2)C1. The molecule has 12 heteroatoms. The van der Waals surface area contributed by atoms with E-state index in [-0.39, 0.29) is 37.4 Å². The summed E-state index contributed by atoms with van der Waals surface area (Å²) in [6, 6.07) is 20.6. The lowest BCUT2D eigenvalue weighted by molar-refractivity contribution is -0.274. The third-order valence-electron chi connectivity index (χ3n) is 6.36. The number of likely N-dealkylation sites (tertiary alicyclic amines) is 1. The zero-order valence-corrected chi connectivity index (χ0v) is 22.3. The monoisotopic (exact) mass is 583 g/mol. The van der Waals surface area contributed by atoms with Crippen LogP contribution in [0.25, 0.3) is 6.08 Å². The van der Waals surface area contributed by atoms with Gasteiger partial charge in [-0.15, -0.1) is 13.2 Å². The molecule has 1 aliphatic heterocycles. The molecule has 3 aromatic rings. The summed E-state index contributed by atoms with van der Waals surface area (Å²) >= 11 is 0. The molecule has 4 rings (SSSR count). The summed E-state index contributed by atoms with van der Waals surface area (Å²) < 4.78 is 46.7. The standard InChI is InChI=1S/C30H28F3N3O6/c31-30(32,33)42-26-11-6-22(7-12-26)20-41-25-13-9-24(10-14-25)36(27(37)15-8-21-4-2-1-3-5-21)19-28(38)35-17-16-23(18-35)34-29(39)40/h1-15,23,34H,16-20H2,(H,39,40)/b15-8+. The summed E-state index contributed by atoms with van der Waals surface area (Å²) in [7, 11) is 0. The van der Waals surface area contributed by atoms with Gasteiger partial charge in [0.15, 0.2) is 0 Å². The van der Waals surface area contributed by atoms with E-state index < -0.39 is 18.4 Å². The molecule has 1 fully saturated rings. The van der Waals surface area contributed by atoms with Gasteiger partial charge in [-0.2, -0.15) is 0 Å². The smallest absolute Gasteiger partial charge is 0.489 e. The number of ether oxygens (including phenoxy) is 2. The van der Waals surface area contributed by atoms with Crippen molar-refractivity contribution in [3.63, 3.8) is 0 Å². The topological polar surface area (TPSA) is 108 Å². The number of nitrogens with zero attached hydrogens (tertiary/aromatic N) is 2. The molecule has 0 bridgehead atoms. The van der Waals surface area contributed by atoms with Gasteiger partial charge in [-0.05, 0) is 60.0 Å². The first-order chi connectivity index (χ1) is 20.1. The van der Waals surface area contributed by atoms with Crippen LogP contribution in [0.3, 0.4) is 0 Å². The summed E-state index contributed by atoms with van der Waals surface area (Å²) in [6.45, 7) is 0.391. The predicted octanol–water partition coefficient (Wildman–Crippen LogP) is 5.08. The Bertz CT molecular complexity index is 1400. The van der Waals surface area contributed by atoms with Gasteiger partial charge in [0.05, 0.1) is 6.04 Å². The Morgan fingerprint density at radius 1 is 0.976 bits per heavy atom.